The minimum absolute atomic E-state index is 0.0896. The molecule has 1 amide bonds. The summed E-state index contributed by atoms with van der Waals surface area (Å²) in [6.45, 7) is 6.68. The molecule has 2 aromatic carbocycles. The number of hydrogen-bond donors (Lipinski definition) is 1. The lowest BCUT2D eigenvalue weighted by Crippen LogP contribution is -2.28. The number of hydrogen-bond acceptors (Lipinski definition) is 3. The van der Waals surface area contributed by atoms with Crippen LogP contribution in [0.5, 0.6) is 0 Å². The van der Waals surface area contributed by atoms with Crippen LogP contribution in [0.4, 0.5) is 11.4 Å². The van der Waals surface area contributed by atoms with E-state index in [-0.39, 0.29) is 18.2 Å². The lowest BCUT2D eigenvalue weighted by Gasteiger charge is -2.16. The summed E-state index contributed by atoms with van der Waals surface area (Å²) in [6.07, 6.45) is 0.457. The highest BCUT2D eigenvalue weighted by atomic mass is 35.5. The summed E-state index contributed by atoms with van der Waals surface area (Å²) in [4.78, 5) is 25.3. The maximum Gasteiger partial charge on any atom is 0.254 e. The van der Waals surface area contributed by atoms with Gasteiger partial charge in [0.1, 0.15) is 0 Å². The second kappa shape index (κ2) is 8.67. The zero-order chi connectivity index (χ0) is 18.4. The van der Waals surface area contributed by atoms with Gasteiger partial charge in [0.25, 0.3) is 5.91 Å². The zero-order valence-corrected chi connectivity index (χ0v) is 15.6. The van der Waals surface area contributed by atoms with Gasteiger partial charge in [-0.2, -0.15) is 0 Å². The molecule has 25 heavy (non-hydrogen) atoms. The first kappa shape index (κ1) is 19.0. The normalized spacial score (nSPS) is 13.3. The largest absolute Gasteiger partial charge is 0.355 e. The molecule has 1 aliphatic rings. The van der Waals surface area contributed by atoms with E-state index in [1.807, 2.05) is 57.2 Å². The summed E-state index contributed by atoms with van der Waals surface area (Å²) in [7, 11) is 0. The molecule has 5 heteroatoms. The average Bonchev–Trinajstić information content (AvgIpc) is 3.04. The van der Waals surface area contributed by atoms with E-state index >= 15 is 0 Å². The maximum atomic E-state index is 12.4. The van der Waals surface area contributed by atoms with Gasteiger partial charge in [-0.3, -0.25) is 9.59 Å². The molecule has 4 nitrogen and oxygen atoms in total. The van der Waals surface area contributed by atoms with Crippen molar-refractivity contribution in [1.29, 1.82) is 0 Å². The summed E-state index contributed by atoms with van der Waals surface area (Å²) >= 11 is 5.98. The summed E-state index contributed by atoms with van der Waals surface area (Å²) in [5, 5.41) is 3.96. The van der Waals surface area contributed by atoms with Gasteiger partial charge in [-0.25, -0.2) is 0 Å². The molecule has 0 spiro atoms. The Labute approximate surface area is 153 Å². The van der Waals surface area contributed by atoms with Crippen molar-refractivity contribution in [2.45, 2.75) is 27.2 Å². The molecule has 1 saturated heterocycles. The number of carbonyl (C=O) groups excluding carboxylic acids is 2. The fourth-order valence-electron chi connectivity index (χ4n) is 2.65. The van der Waals surface area contributed by atoms with Gasteiger partial charge in [0.05, 0.1) is 6.54 Å². The molecular weight excluding hydrogens is 336 g/mol. The summed E-state index contributed by atoms with van der Waals surface area (Å²) in [6, 6.07) is 13.0. The van der Waals surface area contributed by atoms with Gasteiger partial charge in [0.2, 0.25) is 0 Å². The molecular formula is C20H23ClN2O2. The molecule has 0 atom stereocenters. The van der Waals surface area contributed by atoms with Crippen LogP contribution in [0, 0.1) is 6.92 Å². The number of carbonyl (C=O) groups is 2. The minimum Gasteiger partial charge on any atom is -0.355 e. The van der Waals surface area contributed by atoms with Crippen LogP contribution >= 0.6 is 11.6 Å². The number of halogens is 1. The van der Waals surface area contributed by atoms with Gasteiger partial charge in [0.15, 0.2) is 5.78 Å². The smallest absolute Gasteiger partial charge is 0.254 e. The Bertz CT molecular complexity index is 774. The van der Waals surface area contributed by atoms with Crippen molar-refractivity contribution < 1.29 is 9.59 Å². The first-order chi connectivity index (χ1) is 12.0. The highest BCUT2D eigenvalue weighted by Gasteiger charge is 2.25. The van der Waals surface area contributed by atoms with Gasteiger partial charge < -0.3 is 10.2 Å². The van der Waals surface area contributed by atoms with E-state index in [4.69, 9.17) is 11.6 Å². The number of Topliss-reactive ketones (excluding diaryl/α,β-unsaturated/α-hetero) is 1. The predicted molar refractivity (Wildman–Crippen MR) is 103 cm³/mol. The van der Waals surface area contributed by atoms with E-state index in [1.165, 1.54) is 0 Å². The zero-order valence-electron chi connectivity index (χ0n) is 14.8. The molecule has 2 aromatic rings. The molecule has 1 N–H and O–H groups in total. The Balaban J connectivity index is 0.00000109. The van der Waals surface area contributed by atoms with E-state index in [0.29, 0.717) is 23.6 Å². The number of aryl methyl sites for hydroxylation is 1. The number of likely N-dealkylation sites (tertiary alicyclic amines) is 1. The van der Waals surface area contributed by atoms with Crippen molar-refractivity contribution in [3.8, 4) is 0 Å². The van der Waals surface area contributed by atoms with Crippen LogP contribution in [0.15, 0.2) is 42.5 Å². The molecule has 1 heterocycles. The molecule has 0 aliphatic carbocycles. The number of anilines is 2. The highest BCUT2D eigenvalue weighted by molar-refractivity contribution is 6.30. The molecule has 1 aliphatic heterocycles. The molecule has 132 valence electrons. The van der Waals surface area contributed by atoms with Crippen LogP contribution in [-0.4, -0.2) is 29.7 Å². The van der Waals surface area contributed by atoms with Crippen LogP contribution in [-0.2, 0) is 4.79 Å². The van der Waals surface area contributed by atoms with E-state index in [9.17, 15) is 9.59 Å². The molecule has 0 radical (unpaired) electrons. The van der Waals surface area contributed by atoms with E-state index < -0.39 is 0 Å². The Kier molecular flexibility index (Phi) is 6.59. The Morgan fingerprint density at radius 2 is 1.92 bits per heavy atom. The monoisotopic (exact) mass is 358 g/mol. The van der Waals surface area contributed by atoms with Crippen molar-refractivity contribution in [3.05, 3.63) is 58.6 Å². The minimum atomic E-state index is -0.0896. The molecule has 3 rings (SSSR count). The number of amides is 1. The standard InChI is InChI=1S/C18H17ClN2O2.C2H6/c1-12-9-13(18(23)21-8-7-16(22)11-21)5-6-17(12)20-15-4-2-3-14(19)10-15;1-2/h2-6,9-10,20H,7-8,11H2,1H3;1-2H3. The van der Waals surface area contributed by atoms with Crippen LogP contribution in [0.2, 0.25) is 5.02 Å². The number of benzene rings is 2. The fourth-order valence-corrected chi connectivity index (χ4v) is 2.84. The number of nitrogens with zero attached hydrogens (tertiary/aromatic N) is 1. The lowest BCUT2D eigenvalue weighted by atomic mass is 10.1. The second-order valence-electron chi connectivity index (χ2n) is 5.68. The predicted octanol–water partition coefficient (Wildman–Crippen LogP) is 4.83. The van der Waals surface area contributed by atoms with E-state index in [1.54, 1.807) is 11.0 Å². The van der Waals surface area contributed by atoms with Gasteiger partial charge >= 0.3 is 0 Å². The van der Waals surface area contributed by atoms with Gasteiger partial charge in [-0.15, -0.1) is 0 Å². The average molecular weight is 359 g/mol. The van der Waals surface area contributed by atoms with Crippen LogP contribution in [0.3, 0.4) is 0 Å². The number of ketones is 1. The summed E-state index contributed by atoms with van der Waals surface area (Å²) in [5.74, 6) is 0.0302. The number of rotatable bonds is 3. The Morgan fingerprint density at radius 3 is 2.52 bits per heavy atom. The Morgan fingerprint density at radius 1 is 1.16 bits per heavy atom. The Hall–Kier alpha value is -2.33. The molecule has 1 fully saturated rings. The molecule has 0 bridgehead atoms. The quantitative estimate of drug-likeness (QED) is 0.854. The molecule has 0 aromatic heterocycles. The summed E-state index contributed by atoms with van der Waals surface area (Å²) in [5.41, 5.74) is 3.38. The third-order valence-electron chi connectivity index (χ3n) is 3.89. The first-order valence-corrected chi connectivity index (χ1v) is 8.85. The highest BCUT2D eigenvalue weighted by Crippen LogP contribution is 2.24. The third kappa shape index (κ3) is 4.83. The number of nitrogens with one attached hydrogen (secondary N) is 1. The maximum absolute atomic E-state index is 12.4. The van der Waals surface area contributed by atoms with Crippen LogP contribution in [0.25, 0.3) is 0 Å². The van der Waals surface area contributed by atoms with Gasteiger partial charge in [-0.1, -0.05) is 31.5 Å². The third-order valence-corrected chi connectivity index (χ3v) is 4.13. The van der Waals surface area contributed by atoms with E-state index in [0.717, 1.165) is 16.9 Å². The van der Waals surface area contributed by atoms with Crippen molar-refractivity contribution in [3.63, 3.8) is 0 Å². The van der Waals surface area contributed by atoms with Crippen molar-refractivity contribution in [1.82, 2.24) is 4.90 Å². The molecule has 0 saturated carbocycles. The SMILES string of the molecule is CC.Cc1cc(C(=O)N2CCC(=O)C2)ccc1Nc1cccc(Cl)c1. The van der Waals surface area contributed by atoms with E-state index in [2.05, 4.69) is 5.32 Å². The molecule has 0 unspecified atom stereocenters. The van der Waals surface area contributed by atoms with Gasteiger partial charge in [-0.05, 0) is 48.9 Å². The van der Waals surface area contributed by atoms with Gasteiger partial charge in [0, 0.05) is 34.9 Å². The van der Waals surface area contributed by atoms with Crippen molar-refractivity contribution in [2.24, 2.45) is 0 Å². The van der Waals surface area contributed by atoms with Crippen LogP contribution in [0.1, 0.15) is 36.2 Å². The summed E-state index contributed by atoms with van der Waals surface area (Å²) < 4.78 is 0. The fraction of sp³-hybridized carbons (Fsp3) is 0.300. The second-order valence-corrected chi connectivity index (χ2v) is 6.12. The first-order valence-electron chi connectivity index (χ1n) is 8.47. The van der Waals surface area contributed by atoms with Crippen molar-refractivity contribution in [2.75, 3.05) is 18.4 Å². The van der Waals surface area contributed by atoms with Crippen molar-refractivity contribution >= 4 is 34.7 Å². The topological polar surface area (TPSA) is 49.4 Å². The lowest BCUT2D eigenvalue weighted by molar-refractivity contribution is -0.116. The van der Waals surface area contributed by atoms with Crippen LogP contribution < -0.4 is 5.32 Å².